The van der Waals surface area contributed by atoms with Crippen LogP contribution in [0, 0.1) is 0 Å². The number of hydrogen-bond acceptors (Lipinski definition) is 5. The third-order valence-electron chi connectivity index (χ3n) is 4.85. The van der Waals surface area contributed by atoms with Gasteiger partial charge in [-0.15, -0.1) is 0 Å². The van der Waals surface area contributed by atoms with Gasteiger partial charge in [-0.2, -0.15) is 0 Å². The molecule has 0 aliphatic rings. The summed E-state index contributed by atoms with van der Waals surface area (Å²) in [5.74, 6) is -0.517. The predicted octanol–water partition coefficient (Wildman–Crippen LogP) is 3.56. The highest BCUT2D eigenvalue weighted by atomic mass is 31.2. The molecule has 0 aliphatic heterocycles. The van der Waals surface area contributed by atoms with Gasteiger partial charge < -0.3 is 23.5 Å². The molecule has 0 aromatic rings. The number of hydrogen-bond donors (Lipinski definition) is 1. The van der Waals surface area contributed by atoms with Crippen LogP contribution in [0.2, 0.25) is 0 Å². The minimum absolute atomic E-state index is 0.0195. The number of unbranched alkanes of at least 4 members (excludes halogenated alkanes) is 3. The molecule has 0 fully saturated rings. The van der Waals surface area contributed by atoms with E-state index in [0.29, 0.717) is 6.54 Å². The first-order valence-electron chi connectivity index (χ1n) is 10.5. The maximum absolute atomic E-state index is 11.6. The quantitative estimate of drug-likeness (QED) is 0.167. The van der Waals surface area contributed by atoms with Crippen LogP contribution in [-0.4, -0.2) is 54.2 Å². The van der Waals surface area contributed by atoms with Gasteiger partial charge in [0.2, 0.25) is 0 Å². The molecule has 0 rings (SSSR count). The lowest BCUT2D eigenvalue weighted by atomic mass is 10.1. The smallest absolute Gasteiger partial charge is 0.333 e. The predicted molar refractivity (Wildman–Crippen MR) is 110 cm³/mol. The zero-order valence-corrected chi connectivity index (χ0v) is 19.0. The van der Waals surface area contributed by atoms with Gasteiger partial charge in [-0.1, -0.05) is 46.6 Å². The van der Waals surface area contributed by atoms with Crippen molar-refractivity contribution in [3.8, 4) is 0 Å². The molecule has 0 spiro atoms. The van der Waals surface area contributed by atoms with Crippen LogP contribution in [0.25, 0.3) is 0 Å². The van der Waals surface area contributed by atoms with Crippen molar-refractivity contribution in [1.29, 1.82) is 0 Å². The number of phosphoric acid groups is 1. The number of quaternary nitrogens is 1. The standard InChI is InChI=1S/C20H40NO6P/c1-6-9-13-21(14-10-7-2,15-11-8-3)17-19(27-28(23,24)25)12-16-26-20(22)18(4)5/h19H,4,6-17H2,1-3,5H3,(H-,23,24,25). The number of esters is 1. The van der Waals surface area contributed by atoms with Gasteiger partial charge in [-0.3, -0.25) is 4.57 Å². The highest BCUT2D eigenvalue weighted by Gasteiger charge is 2.32. The van der Waals surface area contributed by atoms with Crippen molar-refractivity contribution >= 4 is 13.8 Å². The fraction of sp³-hybridized carbons (Fsp3) is 0.850. The van der Waals surface area contributed by atoms with Gasteiger partial charge in [0, 0.05) is 12.0 Å². The highest BCUT2D eigenvalue weighted by molar-refractivity contribution is 7.44. The van der Waals surface area contributed by atoms with Crippen molar-refractivity contribution in [3.63, 3.8) is 0 Å². The van der Waals surface area contributed by atoms with Gasteiger partial charge in [0.25, 0.3) is 7.82 Å². The Hall–Kier alpha value is -0.720. The van der Waals surface area contributed by atoms with Gasteiger partial charge >= 0.3 is 5.97 Å². The molecule has 0 saturated carbocycles. The molecule has 0 amide bonds. The Balaban J connectivity index is 5.34. The molecule has 0 aromatic heterocycles. The molecule has 0 saturated heterocycles. The normalized spacial score (nSPS) is 15.1. The number of ether oxygens (including phenoxy) is 1. The summed E-state index contributed by atoms with van der Waals surface area (Å²) in [4.78, 5) is 32.3. The Kier molecular flexibility index (Phi) is 13.9. The Morgan fingerprint density at radius 2 is 1.57 bits per heavy atom. The van der Waals surface area contributed by atoms with Crippen LogP contribution in [0.5, 0.6) is 0 Å². The Labute approximate surface area is 170 Å². The van der Waals surface area contributed by atoms with Gasteiger partial charge in [0.1, 0.15) is 12.6 Å². The summed E-state index contributed by atoms with van der Waals surface area (Å²) in [5.41, 5.74) is 0.285. The van der Waals surface area contributed by atoms with Crippen LogP contribution >= 0.6 is 7.82 Å². The van der Waals surface area contributed by atoms with Crippen molar-refractivity contribution in [2.24, 2.45) is 0 Å². The van der Waals surface area contributed by atoms with Crippen molar-refractivity contribution < 1.29 is 32.9 Å². The monoisotopic (exact) mass is 421 g/mol. The third kappa shape index (κ3) is 12.7. The Morgan fingerprint density at radius 3 is 1.93 bits per heavy atom. The first-order chi connectivity index (χ1) is 13.1. The van der Waals surface area contributed by atoms with E-state index in [-0.39, 0.29) is 18.6 Å². The van der Waals surface area contributed by atoms with E-state index in [1.54, 1.807) is 6.92 Å². The summed E-state index contributed by atoms with van der Waals surface area (Å²) < 4.78 is 22.3. The first kappa shape index (κ1) is 27.3. The van der Waals surface area contributed by atoms with Crippen molar-refractivity contribution in [3.05, 3.63) is 12.2 Å². The number of phosphoric ester groups is 1. The largest absolute Gasteiger partial charge is 0.756 e. The van der Waals surface area contributed by atoms with E-state index in [1.165, 1.54) is 0 Å². The van der Waals surface area contributed by atoms with Gasteiger partial charge in [0.05, 0.1) is 26.2 Å². The summed E-state index contributed by atoms with van der Waals surface area (Å²) in [6.45, 7) is 14.8. The Bertz CT molecular complexity index is 483. The number of nitrogens with zero attached hydrogens (tertiary/aromatic N) is 1. The average Bonchev–Trinajstić information content (AvgIpc) is 2.61. The molecular weight excluding hydrogens is 381 g/mol. The van der Waals surface area contributed by atoms with E-state index in [2.05, 4.69) is 27.4 Å². The van der Waals surface area contributed by atoms with Crippen LogP contribution in [0.1, 0.15) is 72.6 Å². The van der Waals surface area contributed by atoms with E-state index in [4.69, 9.17) is 9.26 Å². The molecule has 0 heterocycles. The van der Waals surface area contributed by atoms with Gasteiger partial charge in [-0.25, -0.2) is 4.79 Å². The lowest BCUT2D eigenvalue weighted by molar-refractivity contribution is -0.931. The molecule has 0 radical (unpaired) electrons. The van der Waals surface area contributed by atoms with E-state index >= 15 is 0 Å². The maximum Gasteiger partial charge on any atom is 0.333 e. The molecule has 0 aromatic carbocycles. The molecule has 1 N–H and O–H groups in total. The van der Waals surface area contributed by atoms with Gasteiger partial charge in [-0.05, 0) is 26.2 Å². The number of carbonyl (C=O) groups is 1. The third-order valence-corrected chi connectivity index (χ3v) is 5.42. The fourth-order valence-electron chi connectivity index (χ4n) is 3.29. The maximum atomic E-state index is 11.6. The van der Waals surface area contributed by atoms with E-state index < -0.39 is 19.9 Å². The highest BCUT2D eigenvalue weighted by Crippen LogP contribution is 2.34. The van der Waals surface area contributed by atoms with Crippen molar-refractivity contribution in [2.75, 3.05) is 32.8 Å². The van der Waals surface area contributed by atoms with Crippen molar-refractivity contribution in [2.45, 2.75) is 78.7 Å². The van der Waals surface area contributed by atoms with Crippen LogP contribution in [0.3, 0.4) is 0 Å². The SMILES string of the molecule is C=C(C)C(=O)OCCC(C[N+](CCCC)(CCCC)CCCC)OP(=O)([O-])O. The molecule has 2 atom stereocenters. The second-order valence-electron chi connectivity index (χ2n) is 7.66. The Morgan fingerprint density at radius 1 is 1.11 bits per heavy atom. The zero-order chi connectivity index (χ0) is 21.6. The first-order valence-corrected chi connectivity index (χ1v) is 12.0. The topological polar surface area (TPSA) is 95.9 Å². The van der Waals surface area contributed by atoms with E-state index in [9.17, 15) is 19.1 Å². The molecule has 7 nitrogen and oxygen atoms in total. The van der Waals surface area contributed by atoms with Gasteiger partial charge in [0.15, 0.2) is 0 Å². The summed E-state index contributed by atoms with van der Waals surface area (Å²) >= 11 is 0. The average molecular weight is 422 g/mol. The minimum atomic E-state index is -4.89. The van der Waals surface area contributed by atoms with Crippen LogP contribution < -0.4 is 4.89 Å². The van der Waals surface area contributed by atoms with Crippen molar-refractivity contribution in [1.82, 2.24) is 0 Å². The van der Waals surface area contributed by atoms with Crippen LogP contribution in [0.4, 0.5) is 0 Å². The molecule has 8 heteroatoms. The fourth-order valence-corrected chi connectivity index (χ4v) is 3.84. The number of carbonyl (C=O) groups excluding carboxylic acids is 1. The molecule has 28 heavy (non-hydrogen) atoms. The molecule has 166 valence electrons. The van der Waals surface area contributed by atoms with E-state index in [1.807, 2.05) is 0 Å². The van der Waals surface area contributed by atoms with Crippen LogP contribution in [-0.2, 0) is 18.6 Å². The molecule has 2 unspecified atom stereocenters. The second kappa shape index (κ2) is 14.3. The molecular formula is C20H40NO6P. The van der Waals surface area contributed by atoms with E-state index in [0.717, 1.165) is 62.6 Å². The summed E-state index contributed by atoms with van der Waals surface area (Å²) in [6, 6.07) is 0. The lowest BCUT2D eigenvalue weighted by Crippen LogP contribution is -2.54. The number of rotatable bonds is 17. The summed E-state index contributed by atoms with van der Waals surface area (Å²) in [7, 11) is -4.89. The lowest BCUT2D eigenvalue weighted by Gasteiger charge is -2.42. The van der Waals surface area contributed by atoms with Crippen LogP contribution in [0.15, 0.2) is 12.2 Å². The molecule has 0 aliphatic carbocycles. The summed E-state index contributed by atoms with van der Waals surface area (Å²) in [5, 5.41) is 0. The summed E-state index contributed by atoms with van der Waals surface area (Å²) in [6.07, 6.45) is 5.75. The second-order valence-corrected chi connectivity index (χ2v) is 8.80. The molecule has 0 bridgehead atoms. The minimum Gasteiger partial charge on any atom is -0.756 e. The zero-order valence-electron chi connectivity index (χ0n) is 18.2.